The highest BCUT2D eigenvalue weighted by Gasteiger charge is 2.24. The zero-order valence-electron chi connectivity index (χ0n) is 9.65. The molecule has 2 rings (SSSR count). The van der Waals surface area contributed by atoms with Crippen molar-refractivity contribution in [2.24, 2.45) is 7.05 Å². The Labute approximate surface area is 102 Å². The average Bonchev–Trinajstić information content (AvgIpc) is 2.58. The van der Waals surface area contributed by atoms with E-state index in [9.17, 15) is 18.0 Å². The third-order valence-electron chi connectivity index (χ3n) is 2.42. The number of hydrogen-bond acceptors (Lipinski definition) is 5. The van der Waals surface area contributed by atoms with Crippen LogP contribution >= 0.6 is 0 Å². The standard InChI is InChI=1S/C10H10N2O5S/c1-7-3-5-8(6-4-7)18(15,16)12-9(13)11(2)10(14)17-12/h3-6H,1-2H3. The van der Waals surface area contributed by atoms with Crippen molar-refractivity contribution < 1.29 is 12.9 Å². The summed E-state index contributed by atoms with van der Waals surface area (Å²) in [4.78, 5) is 22.5. The molecular weight excluding hydrogens is 260 g/mol. The molecule has 0 aliphatic heterocycles. The molecule has 96 valence electrons. The Bertz CT molecular complexity index is 792. The van der Waals surface area contributed by atoms with Gasteiger partial charge in [-0.3, -0.25) is 0 Å². The van der Waals surface area contributed by atoms with Crippen LogP contribution in [0.25, 0.3) is 0 Å². The van der Waals surface area contributed by atoms with Gasteiger partial charge in [0.2, 0.25) is 0 Å². The van der Waals surface area contributed by atoms with E-state index in [0.717, 1.165) is 12.6 Å². The molecule has 0 spiro atoms. The maximum absolute atomic E-state index is 12.0. The van der Waals surface area contributed by atoms with Crippen LogP contribution in [0.2, 0.25) is 0 Å². The molecule has 2 aromatic rings. The number of benzene rings is 1. The molecule has 1 aromatic carbocycles. The fraction of sp³-hybridized carbons (Fsp3) is 0.200. The summed E-state index contributed by atoms with van der Waals surface area (Å²) in [6.07, 6.45) is 0. The largest absolute Gasteiger partial charge is 0.443 e. The monoisotopic (exact) mass is 270 g/mol. The molecule has 0 saturated carbocycles. The van der Waals surface area contributed by atoms with Gasteiger partial charge in [-0.05, 0) is 23.2 Å². The lowest BCUT2D eigenvalue weighted by molar-refractivity contribution is 0.331. The number of nitrogens with zero attached hydrogens (tertiary/aromatic N) is 2. The molecule has 8 heteroatoms. The average molecular weight is 270 g/mol. The lowest BCUT2D eigenvalue weighted by atomic mass is 10.2. The Morgan fingerprint density at radius 2 is 1.67 bits per heavy atom. The van der Waals surface area contributed by atoms with Crippen LogP contribution in [0.3, 0.4) is 0 Å². The first kappa shape index (κ1) is 12.4. The molecule has 0 saturated heterocycles. The third-order valence-corrected chi connectivity index (χ3v) is 3.95. The molecule has 0 fully saturated rings. The Morgan fingerprint density at radius 3 is 2.11 bits per heavy atom. The predicted molar refractivity (Wildman–Crippen MR) is 62.0 cm³/mol. The molecule has 18 heavy (non-hydrogen) atoms. The fourth-order valence-electron chi connectivity index (χ4n) is 1.33. The molecular formula is C10H10N2O5S. The van der Waals surface area contributed by atoms with Crippen LogP contribution < -0.4 is 11.4 Å². The van der Waals surface area contributed by atoms with E-state index in [-0.39, 0.29) is 9.04 Å². The molecule has 0 aliphatic carbocycles. The Balaban J connectivity index is 2.69. The Hall–Kier alpha value is -2.09. The number of aryl methyl sites for hydroxylation is 1. The van der Waals surface area contributed by atoms with E-state index in [4.69, 9.17) is 0 Å². The van der Waals surface area contributed by atoms with E-state index in [1.54, 1.807) is 19.1 Å². The van der Waals surface area contributed by atoms with E-state index in [0.29, 0.717) is 4.57 Å². The van der Waals surface area contributed by atoms with Crippen LogP contribution in [0.15, 0.2) is 43.3 Å². The van der Waals surface area contributed by atoms with Crippen molar-refractivity contribution in [1.29, 1.82) is 0 Å². The minimum atomic E-state index is -4.17. The van der Waals surface area contributed by atoms with Gasteiger partial charge < -0.3 is 4.52 Å². The number of rotatable bonds is 2. The molecule has 0 bridgehead atoms. The van der Waals surface area contributed by atoms with E-state index in [1.165, 1.54) is 12.1 Å². The zero-order chi connectivity index (χ0) is 13.5. The van der Waals surface area contributed by atoms with Gasteiger partial charge in [-0.2, -0.15) is 8.42 Å². The van der Waals surface area contributed by atoms with Crippen LogP contribution in [0.5, 0.6) is 0 Å². The lowest BCUT2D eigenvalue weighted by Gasteiger charge is -2.01. The van der Waals surface area contributed by atoms with Gasteiger partial charge in [0.05, 0.1) is 4.90 Å². The molecule has 0 unspecified atom stereocenters. The van der Waals surface area contributed by atoms with Crippen LogP contribution in [-0.2, 0) is 17.1 Å². The summed E-state index contributed by atoms with van der Waals surface area (Å²) in [7, 11) is -3.04. The second-order valence-electron chi connectivity index (χ2n) is 3.74. The predicted octanol–water partition coefficient (Wildman–Crippen LogP) is -0.315. The molecule has 0 atom stereocenters. The van der Waals surface area contributed by atoms with Gasteiger partial charge in [-0.1, -0.05) is 17.7 Å². The van der Waals surface area contributed by atoms with Crippen LogP contribution in [0, 0.1) is 6.92 Å². The van der Waals surface area contributed by atoms with Crippen molar-refractivity contribution in [2.45, 2.75) is 11.8 Å². The normalized spacial score (nSPS) is 11.7. The lowest BCUT2D eigenvalue weighted by Crippen LogP contribution is -2.29. The quantitative estimate of drug-likeness (QED) is 0.746. The number of aromatic nitrogens is 2. The van der Waals surface area contributed by atoms with Gasteiger partial charge in [0.1, 0.15) is 0 Å². The van der Waals surface area contributed by atoms with Crippen LogP contribution in [0.4, 0.5) is 0 Å². The summed E-state index contributed by atoms with van der Waals surface area (Å²) in [5, 5.41) is 0. The van der Waals surface area contributed by atoms with Crippen molar-refractivity contribution in [2.75, 3.05) is 0 Å². The Kier molecular flexibility index (Phi) is 2.74. The summed E-state index contributed by atoms with van der Waals surface area (Å²) >= 11 is 0. The molecule has 0 N–H and O–H groups in total. The van der Waals surface area contributed by atoms with Crippen molar-refractivity contribution in [1.82, 2.24) is 8.71 Å². The fourth-order valence-corrected chi connectivity index (χ4v) is 2.49. The van der Waals surface area contributed by atoms with Gasteiger partial charge in [0.25, 0.3) is 10.0 Å². The summed E-state index contributed by atoms with van der Waals surface area (Å²) in [6, 6.07) is 5.84. The smallest absolute Gasteiger partial charge is 0.301 e. The summed E-state index contributed by atoms with van der Waals surface area (Å²) in [6.45, 7) is 1.80. The molecule has 7 nitrogen and oxygen atoms in total. The summed E-state index contributed by atoms with van der Waals surface area (Å²) in [5.74, 6) is -1.03. The molecule has 0 aliphatic rings. The number of hydrogen-bond donors (Lipinski definition) is 0. The third kappa shape index (κ3) is 1.80. The molecule has 1 aromatic heterocycles. The first-order valence-corrected chi connectivity index (χ1v) is 6.39. The van der Waals surface area contributed by atoms with Gasteiger partial charge in [0.15, 0.2) is 0 Å². The first-order valence-electron chi connectivity index (χ1n) is 4.95. The molecule has 1 heterocycles. The summed E-state index contributed by atoms with van der Waals surface area (Å²) < 4.78 is 29.2. The maximum atomic E-state index is 12.0. The first-order chi connectivity index (χ1) is 8.34. The minimum absolute atomic E-state index is 0.0833. The second kappa shape index (κ2) is 3.98. The molecule has 0 amide bonds. The maximum Gasteiger partial charge on any atom is 0.443 e. The van der Waals surface area contributed by atoms with Crippen molar-refractivity contribution in [3.63, 3.8) is 0 Å². The highest BCUT2D eigenvalue weighted by atomic mass is 32.2. The van der Waals surface area contributed by atoms with Crippen LogP contribution in [0.1, 0.15) is 5.56 Å². The summed E-state index contributed by atoms with van der Waals surface area (Å²) in [5.41, 5.74) is -0.170. The van der Waals surface area contributed by atoms with Gasteiger partial charge in [0, 0.05) is 7.05 Å². The second-order valence-corrected chi connectivity index (χ2v) is 5.50. The van der Waals surface area contributed by atoms with Gasteiger partial charge >= 0.3 is 11.4 Å². The van der Waals surface area contributed by atoms with E-state index in [2.05, 4.69) is 4.52 Å². The van der Waals surface area contributed by atoms with E-state index < -0.39 is 21.5 Å². The van der Waals surface area contributed by atoms with Crippen molar-refractivity contribution >= 4 is 10.0 Å². The highest BCUT2D eigenvalue weighted by Crippen LogP contribution is 2.12. The Morgan fingerprint density at radius 1 is 1.11 bits per heavy atom. The van der Waals surface area contributed by atoms with E-state index in [1.807, 2.05) is 0 Å². The van der Waals surface area contributed by atoms with Crippen LogP contribution in [-0.4, -0.2) is 17.1 Å². The zero-order valence-corrected chi connectivity index (χ0v) is 10.5. The molecule has 0 radical (unpaired) electrons. The van der Waals surface area contributed by atoms with Gasteiger partial charge in [-0.15, -0.1) is 0 Å². The minimum Gasteiger partial charge on any atom is -0.301 e. The topological polar surface area (TPSA) is 91.3 Å². The van der Waals surface area contributed by atoms with Crippen molar-refractivity contribution in [3.05, 3.63) is 50.9 Å². The SMILES string of the molecule is Cc1ccc(S(=O)(=O)n2oc(=O)n(C)c2=O)cc1. The van der Waals surface area contributed by atoms with E-state index >= 15 is 0 Å². The van der Waals surface area contributed by atoms with Gasteiger partial charge in [-0.25, -0.2) is 14.2 Å². The van der Waals surface area contributed by atoms with Crippen molar-refractivity contribution in [3.8, 4) is 0 Å². The highest BCUT2D eigenvalue weighted by molar-refractivity contribution is 7.89.